The van der Waals surface area contributed by atoms with Crippen LogP contribution in [0.25, 0.3) is 5.57 Å². The lowest BCUT2D eigenvalue weighted by molar-refractivity contribution is -0.141. The zero-order chi connectivity index (χ0) is 20.6. The average Bonchev–Trinajstić information content (AvgIpc) is 2.67. The number of nitrogens with zero attached hydrogens (tertiary/aromatic N) is 1. The molecule has 152 valence electrons. The first-order valence-corrected chi connectivity index (χ1v) is 9.27. The summed E-state index contributed by atoms with van der Waals surface area (Å²) in [5.74, 6) is -0.412. The van der Waals surface area contributed by atoms with Crippen molar-refractivity contribution in [3.05, 3.63) is 64.5 Å². The fourth-order valence-electron chi connectivity index (χ4n) is 3.73. The molecule has 8 heteroatoms. The van der Waals surface area contributed by atoms with Gasteiger partial charge in [-0.25, -0.2) is 4.98 Å². The van der Waals surface area contributed by atoms with E-state index in [4.69, 9.17) is 4.74 Å². The smallest absolute Gasteiger partial charge is 0.393 e. The van der Waals surface area contributed by atoms with Crippen LogP contribution in [0.4, 0.5) is 18.9 Å². The standard InChI is InChI=1S/C21H19F3N2O3/c22-21(23,24)19-7-6-15-13(10-29-11-18(15)25-19)8-20(28)26-17-3-1-2-12-4-5-14(27)9-16(12)17/h1-3,6-8,14,27H,4-5,9-11H2,(H,26,28)/b13-8+. The number of halogens is 3. The number of nitrogens with one attached hydrogen (secondary N) is 1. The number of rotatable bonds is 2. The van der Waals surface area contributed by atoms with Crippen molar-refractivity contribution in [3.63, 3.8) is 0 Å². The minimum atomic E-state index is -4.54. The third kappa shape index (κ3) is 4.18. The number of hydrogen-bond donors (Lipinski definition) is 2. The van der Waals surface area contributed by atoms with Crippen molar-refractivity contribution >= 4 is 17.2 Å². The van der Waals surface area contributed by atoms with Crippen LogP contribution in [0.3, 0.4) is 0 Å². The summed E-state index contributed by atoms with van der Waals surface area (Å²) in [7, 11) is 0. The number of fused-ring (bicyclic) bond motifs is 2. The highest BCUT2D eigenvalue weighted by atomic mass is 19.4. The van der Waals surface area contributed by atoms with Gasteiger partial charge in [-0.15, -0.1) is 0 Å². The predicted molar refractivity (Wildman–Crippen MR) is 100.0 cm³/mol. The first kappa shape index (κ1) is 19.6. The zero-order valence-electron chi connectivity index (χ0n) is 15.4. The van der Waals surface area contributed by atoms with E-state index in [1.165, 1.54) is 12.1 Å². The summed E-state index contributed by atoms with van der Waals surface area (Å²) in [5.41, 5.74) is 2.75. The minimum absolute atomic E-state index is 0.0394. The fraction of sp³-hybridized carbons (Fsp3) is 0.333. The molecule has 2 aromatic rings. The number of carbonyl (C=O) groups excluding carboxylic acids is 1. The molecule has 0 saturated heterocycles. The van der Waals surface area contributed by atoms with Crippen LogP contribution < -0.4 is 5.32 Å². The highest BCUT2D eigenvalue weighted by molar-refractivity contribution is 6.04. The van der Waals surface area contributed by atoms with Crippen LogP contribution >= 0.6 is 0 Å². The van der Waals surface area contributed by atoms with E-state index >= 15 is 0 Å². The van der Waals surface area contributed by atoms with Gasteiger partial charge < -0.3 is 15.2 Å². The summed E-state index contributed by atoms with van der Waals surface area (Å²) in [5, 5.41) is 12.8. The van der Waals surface area contributed by atoms with Gasteiger partial charge in [0.05, 0.1) is 25.0 Å². The molecule has 1 unspecified atom stereocenters. The number of amides is 1. The van der Waals surface area contributed by atoms with Gasteiger partial charge in [0.1, 0.15) is 5.69 Å². The molecule has 2 N–H and O–H groups in total. The Bertz CT molecular complexity index is 986. The van der Waals surface area contributed by atoms with E-state index in [9.17, 15) is 23.1 Å². The van der Waals surface area contributed by atoms with Gasteiger partial charge in [-0.05, 0) is 41.7 Å². The summed E-state index contributed by atoms with van der Waals surface area (Å²) in [6.07, 6.45) is -1.74. The van der Waals surface area contributed by atoms with Crippen LogP contribution in [-0.4, -0.2) is 28.7 Å². The molecule has 0 saturated carbocycles. The second kappa shape index (κ2) is 7.61. The van der Waals surface area contributed by atoms with Crippen LogP contribution in [0.15, 0.2) is 36.4 Å². The Morgan fingerprint density at radius 3 is 2.86 bits per heavy atom. The first-order chi connectivity index (χ1) is 13.8. The van der Waals surface area contributed by atoms with E-state index in [1.54, 1.807) is 6.07 Å². The topological polar surface area (TPSA) is 71.5 Å². The largest absolute Gasteiger partial charge is 0.433 e. The Balaban J connectivity index is 1.58. The molecule has 1 aromatic heterocycles. The van der Waals surface area contributed by atoms with Crippen molar-refractivity contribution in [2.45, 2.75) is 38.1 Å². The Hall–Kier alpha value is -2.71. The maximum Gasteiger partial charge on any atom is 0.433 e. The molecule has 0 fully saturated rings. The van der Waals surface area contributed by atoms with Gasteiger partial charge in [-0.2, -0.15) is 13.2 Å². The number of alkyl halides is 3. The van der Waals surface area contributed by atoms with Gasteiger partial charge >= 0.3 is 6.18 Å². The van der Waals surface area contributed by atoms with Gasteiger partial charge in [0.15, 0.2) is 0 Å². The van der Waals surface area contributed by atoms with Crippen molar-refractivity contribution in [1.82, 2.24) is 4.98 Å². The molecule has 1 aliphatic heterocycles. The molecule has 1 aliphatic carbocycles. The van der Waals surface area contributed by atoms with E-state index < -0.39 is 23.9 Å². The molecule has 4 rings (SSSR count). The van der Waals surface area contributed by atoms with Crippen molar-refractivity contribution in [2.75, 3.05) is 11.9 Å². The normalized spacial score (nSPS) is 20.1. The van der Waals surface area contributed by atoms with E-state index in [0.717, 1.165) is 23.6 Å². The van der Waals surface area contributed by atoms with Crippen molar-refractivity contribution in [3.8, 4) is 0 Å². The second-order valence-corrected chi connectivity index (χ2v) is 7.18. The Labute approximate surface area is 165 Å². The highest BCUT2D eigenvalue weighted by Crippen LogP contribution is 2.32. The van der Waals surface area contributed by atoms with Crippen LogP contribution in [0, 0.1) is 0 Å². The van der Waals surface area contributed by atoms with Crippen LogP contribution in [-0.2, 0) is 35.2 Å². The molecule has 5 nitrogen and oxygen atoms in total. The number of aliphatic hydroxyl groups is 1. The summed E-state index contributed by atoms with van der Waals surface area (Å²) >= 11 is 0. The Morgan fingerprint density at radius 2 is 2.07 bits per heavy atom. The third-order valence-corrected chi connectivity index (χ3v) is 5.13. The predicted octanol–water partition coefficient (Wildman–Crippen LogP) is 3.50. The van der Waals surface area contributed by atoms with Gasteiger partial charge in [0.2, 0.25) is 5.91 Å². The van der Waals surface area contributed by atoms with E-state index in [1.807, 2.05) is 12.1 Å². The number of hydrogen-bond acceptors (Lipinski definition) is 4. The van der Waals surface area contributed by atoms with Crippen molar-refractivity contribution in [2.24, 2.45) is 0 Å². The number of anilines is 1. The van der Waals surface area contributed by atoms with Crippen LogP contribution in [0.1, 0.15) is 34.5 Å². The van der Waals surface area contributed by atoms with E-state index in [0.29, 0.717) is 29.7 Å². The number of benzene rings is 1. The maximum atomic E-state index is 12.9. The summed E-state index contributed by atoms with van der Waals surface area (Å²) in [6.45, 7) is 0.0708. The summed E-state index contributed by atoms with van der Waals surface area (Å²) < 4.78 is 43.9. The van der Waals surface area contributed by atoms with Crippen molar-refractivity contribution in [1.29, 1.82) is 0 Å². The third-order valence-electron chi connectivity index (χ3n) is 5.13. The second-order valence-electron chi connectivity index (χ2n) is 7.18. The summed E-state index contributed by atoms with van der Waals surface area (Å²) in [6, 6.07) is 7.83. The zero-order valence-corrected chi connectivity index (χ0v) is 15.4. The molecule has 0 radical (unpaired) electrons. The van der Waals surface area contributed by atoms with Gasteiger partial charge in [0, 0.05) is 23.7 Å². The van der Waals surface area contributed by atoms with Crippen LogP contribution in [0.5, 0.6) is 0 Å². The fourth-order valence-corrected chi connectivity index (χ4v) is 3.73. The molecule has 2 aliphatic rings. The van der Waals surface area contributed by atoms with Gasteiger partial charge in [-0.1, -0.05) is 18.2 Å². The van der Waals surface area contributed by atoms with Gasteiger partial charge in [-0.3, -0.25) is 4.79 Å². The SMILES string of the molecule is O=C(/C=C1\COCc2nc(C(F)(F)F)ccc21)Nc1cccc2c1CC(O)CC2. The summed E-state index contributed by atoms with van der Waals surface area (Å²) in [4.78, 5) is 16.2. The molecule has 0 bridgehead atoms. The molecule has 1 atom stereocenters. The molecule has 29 heavy (non-hydrogen) atoms. The average molecular weight is 404 g/mol. The number of aryl methyl sites for hydroxylation is 1. The number of aromatic nitrogens is 1. The first-order valence-electron chi connectivity index (χ1n) is 9.27. The van der Waals surface area contributed by atoms with Crippen LogP contribution in [0.2, 0.25) is 0 Å². The molecule has 2 heterocycles. The highest BCUT2D eigenvalue weighted by Gasteiger charge is 2.33. The molecular weight excluding hydrogens is 385 g/mol. The lowest BCUT2D eigenvalue weighted by atomic mass is 9.88. The van der Waals surface area contributed by atoms with E-state index in [-0.39, 0.29) is 18.9 Å². The molecule has 1 amide bonds. The quantitative estimate of drug-likeness (QED) is 0.752. The number of ether oxygens (including phenoxy) is 1. The van der Waals surface area contributed by atoms with Crippen molar-refractivity contribution < 1.29 is 27.8 Å². The lowest BCUT2D eigenvalue weighted by Gasteiger charge is -2.23. The maximum absolute atomic E-state index is 12.9. The van der Waals surface area contributed by atoms with E-state index in [2.05, 4.69) is 10.3 Å². The minimum Gasteiger partial charge on any atom is -0.393 e. The number of aliphatic hydroxyl groups excluding tert-OH is 1. The molecule has 0 spiro atoms. The number of carbonyl (C=O) groups is 1. The molecule has 1 aromatic carbocycles. The Morgan fingerprint density at radius 1 is 1.24 bits per heavy atom. The molecular formula is C21H19F3N2O3. The van der Waals surface area contributed by atoms with Gasteiger partial charge in [0.25, 0.3) is 0 Å². The lowest BCUT2D eigenvalue weighted by Crippen LogP contribution is -2.21. The monoisotopic (exact) mass is 404 g/mol. The Kier molecular flexibility index (Phi) is 5.14. The number of pyridine rings is 1.